The van der Waals surface area contributed by atoms with Gasteiger partial charge in [-0.05, 0) is 72.1 Å². The molecule has 3 aromatic rings. The van der Waals surface area contributed by atoms with Crippen molar-refractivity contribution in [2.24, 2.45) is 4.99 Å². The highest BCUT2D eigenvalue weighted by Crippen LogP contribution is 2.23. The Labute approximate surface area is 243 Å². The minimum atomic E-state index is 0.650. The molecular weight excluding hydrogens is 529 g/mol. The predicted molar refractivity (Wildman–Crippen MR) is 174 cm³/mol. The standard InChI is InChI=1S/C18H24N2S.C7H9NOS.C5H9NS/c1-3-9-19-10-12-20(2)11-8-15-4-5-17-14-18(21)7-6-16(17)13-15;1-2-5-4-10-6(3-9)7(5)8;7-4-5-2-1-3-6-5/h3-7,13-14,19,21H,1,8-12H2,2H3;3-4H,2,8H2,1H3;7H,1-4H2. The van der Waals surface area contributed by atoms with Gasteiger partial charge >= 0.3 is 0 Å². The van der Waals surface area contributed by atoms with E-state index in [0.717, 1.165) is 68.1 Å². The first-order valence-corrected chi connectivity index (χ1v) is 15.0. The summed E-state index contributed by atoms with van der Waals surface area (Å²) in [4.78, 5) is 18.5. The van der Waals surface area contributed by atoms with Crippen LogP contribution in [0, 0.1) is 0 Å². The number of anilines is 1. The molecule has 1 aromatic heterocycles. The van der Waals surface area contributed by atoms with Crippen LogP contribution in [0.1, 0.15) is 40.6 Å². The third-order valence-electron chi connectivity index (χ3n) is 6.20. The summed E-state index contributed by atoms with van der Waals surface area (Å²) in [6.45, 7) is 10.8. The van der Waals surface area contributed by atoms with E-state index in [4.69, 9.17) is 5.73 Å². The number of fused-ring (bicyclic) bond motifs is 1. The van der Waals surface area contributed by atoms with Gasteiger partial charge in [-0.2, -0.15) is 12.6 Å². The van der Waals surface area contributed by atoms with E-state index in [2.05, 4.69) is 84.4 Å². The lowest BCUT2D eigenvalue weighted by Gasteiger charge is -2.16. The van der Waals surface area contributed by atoms with Crippen molar-refractivity contribution in [1.82, 2.24) is 10.2 Å². The smallest absolute Gasteiger partial charge is 0.162 e. The molecule has 0 spiro atoms. The SMILES string of the molecule is C=CCNCCN(C)CCc1ccc2cc(S)ccc2c1.CCc1csc(C=O)c1N.SCC1=NCCC1. The average Bonchev–Trinajstić information content (AvgIpc) is 3.60. The van der Waals surface area contributed by atoms with Crippen LogP contribution in [0.4, 0.5) is 5.69 Å². The van der Waals surface area contributed by atoms with Crippen molar-refractivity contribution in [2.75, 3.05) is 51.3 Å². The Bertz CT molecular complexity index is 1180. The lowest BCUT2D eigenvalue weighted by Crippen LogP contribution is -2.30. The fourth-order valence-corrected chi connectivity index (χ4v) is 5.21. The second-order valence-corrected chi connectivity index (χ2v) is 10.9. The van der Waals surface area contributed by atoms with Gasteiger partial charge in [0.25, 0.3) is 0 Å². The number of aryl methyl sites for hydroxylation is 1. The van der Waals surface area contributed by atoms with Gasteiger partial charge in [0.15, 0.2) is 6.29 Å². The van der Waals surface area contributed by atoms with Gasteiger partial charge < -0.3 is 16.0 Å². The molecule has 0 fully saturated rings. The first kappa shape index (κ1) is 32.1. The van der Waals surface area contributed by atoms with E-state index in [-0.39, 0.29) is 0 Å². The molecule has 4 rings (SSSR count). The van der Waals surface area contributed by atoms with Crippen LogP contribution in [-0.4, -0.2) is 62.4 Å². The fraction of sp³-hybridized carbons (Fsp3) is 0.400. The average molecular weight is 571 g/mol. The molecule has 0 radical (unpaired) electrons. The van der Waals surface area contributed by atoms with E-state index >= 15 is 0 Å². The maximum absolute atomic E-state index is 10.3. The number of nitrogens with two attached hydrogens (primary N) is 1. The first-order chi connectivity index (χ1) is 18.4. The maximum atomic E-state index is 10.3. The second-order valence-electron chi connectivity index (χ2n) is 9.13. The number of hydrogen-bond donors (Lipinski definition) is 4. The Kier molecular flexibility index (Phi) is 15.4. The fourth-order valence-electron chi connectivity index (χ4n) is 3.86. The highest BCUT2D eigenvalue weighted by Gasteiger charge is 2.04. The molecule has 1 aliphatic heterocycles. The van der Waals surface area contributed by atoms with Gasteiger partial charge in [0.2, 0.25) is 0 Å². The van der Waals surface area contributed by atoms with Crippen molar-refractivity contribution in [1.29, 1.82) is 0 Å². The Morgan fingerprint density at radius 2 is 1.97 bits per heavy atom. The molecule has 38 heavy (non-hydrogen) atoms. The molecule has 0 saturated heterocycles. The van der Waals surface area contributed by atoms with E-state index in [1.165, 1.54) is 46.2 Å². The Balaban J connectivity index is 0.000000244. The van der Waals surface area contributed by atoms with Crippen molar-refractivity contribution >= 4 is 65.1 Å². The minimum Gasteiger partial charge on any atom is -0.397 e. The van der Waals surface area contributed by atoms with E-state index < -0.39 is 0 Å². The number of nitrogens with zero attached hydrogens (tertiary/aromatic N) is 2. The van der Waals surface area contributed by atoms with Gasteiger partial charge in [0, 0.05) is 49.1 Å². The number of likely N-dealkylation sites (N-methyl/N-ethyl adjacent to an activating group) is 1. The number of carbonyl (C=O) groups is 1. The molecular formula is C30H42N4OS3. The van der Waals surface area contributed by atoms with Gasteiger partial charge in [-0.25, -0.2) is 0 Å². The number of hydrogen-bond acceptors (Lipinski definition) is 8. The highest BCUT2D eigenvalue weighted by atomic mass is 32.1. The monoisotopic (exact) mass is 570 g/mol. The van der Waals surface area contributed by atoms with E-state index in [1.54, 1.807) is 0 Å². The van der Waals surface area contributed by atoms with Crippen LogP contribution in [0.3, 0.4) is 0 Å². The van der Waals surface area contributed by atoms with Gasteiger partial charge in [0.05, 0.1) is 10.6 Å². The molecule has 5 nitrogen and oxygen atoms in total. The van der Waals surface area contributed by atoms with Crippen molar-refractivity contribution in [3.8, 4) is 0 Å². The lowest BCUT2D eigenvalue weighted by atomic mass is 10.0. The third kappa shape index (κ3) is 11.3. The van der Waals surface area contributed by atoms with E-state index in [0.29, 0.717) is 10.6 Å². The summed E-state index contributed by atoms with van der Waals surface area (Å²) in [5.74, 6) is 0.861. The van der Waals surface area contributed by atoms with E-state index in [1.807, 2.05) is 24.4 Å². The molecule has 0 unspecified atom stereocenters. The van der Waals surface area contributed by atoms with Gasteiger partial charge in [-0.1, -0.05) is 37.3 Å². The molecule has 3 N–H and O–H groups in total. The Morgan fingerprint density at radius 1 is 1.21 bits per heavy atom. The number of aliphatic imine (C=N–C) groups is 1. The molecule has 206 valence electrons. The lowest BCUT2D eigenvalue weighted by molar-refractivity contribution is 0.112. The summed E-state index contributed by atoms with van der Waals surface area (Å²) in [5.41, 5.74) is 10.0. The summed E-state index contributed by atoms with van der Waals surface area (Å²) >= 11 is 9.88. The number of thiol groups is 2. The number of nitrogens with one attached hydrogen (secondary N) is 1. The summed E-state index contributed by atoms with van der Waals surface area (Å²) in [5, 5.41) is 7.81. The van der Waals surface area contributed by atoms with Crippen molar-refractivity contribution in [3.63, 3.8) is 0 Å². The number of nitrogen functional groups attached to an aromatic ring is 1. The molecule has 0 bridgehead atoms. The molecule has 0 aliphatic carbocycles. The van der Waals surface area contributed by atoms with Crippen LogP contribution < -0.4 is 11.1 Å². The largest absolute Gasteiger partial charge is 0.397 e. The zero-order valence-corrected chi connectivity index (χ0v) is 25.3. The van der Waals surface area contributed by atoms with Crippen molar-refractivity contribution < 1.29 is 4.79 Å². The predicted octanol–water partition coefficient (Wildman–Crippen LogP) is 6.23. The van der Waals surface area contributed by atoms with Crippen LogP contribution >= 0.6 is 36.6 Å². The summed E-state index contributed by atoms with van der Waals surface area (Å²) < 4.78 is 0. The summed E-state index contributed by atoms with van der Waals surface area (Å²) in [6.07, 6.45) is 7.11. The summed E-state index contributed by atoms with van der Waals surface area (Å²) in [6, 6.07) is 13.0. The third-order valence-corrected chi connectivity index (χ3v) is 7.81. The molecule has 0 atom stereocenters. The maximum Gasteiger partial charge on any atom is 0.162 e. The zero-order valence-electron chi connectivity index (χ0n) is 22.7. The van der Waals surface area contributed by atoms with Gasteiger partial charge in [-0.15, -0.1) is 30.5 Å². The number of aldehydes is 1. The summed E-state index contributed by atoms with van der Waals surface area (Å²) in [7, 11) is 2.17. The molecule has 1 aliphatic rings. The second kappa shape index (κ2) is 18.2. The van der Waals surface area contributed by atoms with Crippen LogP contribution in [0.25, 0.3) is 10.8 Å². The van der Waals surface area contributed by atoms with Gasteiger partial charge in [-0.3, -0.25) is 9.79 Å². The first-order valence-electron chi connectivity index (χ1n) is 13.1. The van der Waals surface area contributed by atoms with Crippen LogP contribution in [0.15, 0.2) is 64.3 Å². The van der Waals surface area contributed by atoms with Crippen molar-refractivity contribution in [3.05, 3.63) is 70.4 Å². The molecule has 0 saturated carbocycles. The normalized spacial score (nSPS) is 12.4. The number of thiophene rings is 1. The number of rotatable bonds is 11. The zero-order chi connectivity index (χ0) is 27.8. The molecule has 2 aromatic carbocycles. The van der Waals surface area contributed by atoms with Crippen molar-refractivity contribution in [2.45, 2.75) is 37.5 Å². The number of carbonyl (C=O) groups excluding carboxylic acids is 1. The van der Waals surface area contributed by atoms with Gasteiger partial charge in [0.1, 0.15) is 0 Å². The quantitative estimate of drug-likeness (QED) is 0.0954. The van der Waals surface area contributed by atoms with Crippen LogP contribution in [0.5, 0.6) is 0 Å². The number of benzene rings is 2. The highest BCUT2D eigenvalue weighted by molar-refractivity contribution is 7.81. The van der Waals surface area contributed by atoms with Crippen LogP contribution in [-0.2, 0) is 12.8 Å². The molecule has 8 heteroatoms. The topological polar surface area (TPSA) is 70.7 Å². The van der Waals surface area contributed by atoms with Crippen LogP contribution in [0.2, 0.25) is 0 Å². The minimum absolute atomic E-state index is 0.650. The Morgan fingerprint density at radius 3 is 2.55 bits per heavy atom. The molecule has 2 heterocycles. The molecule has 0 amide bonds. The Hall–Kier alpha value is -2.10. The van der Waals surface area contributed by atoms with E-state index in [9.17, 15) is 4.79 Å².